The van der Waals surface area contributed by atoms with Gasteiger partial charge in [-0.3, -0.25) is 0 Å². The van der Waals surface area contributed by atoms with Gasteiger partial charge in [0.25, 0.3) is 0 Å². The van der Waals surface area contributed by atoms with Gasteiger partial charge in [0.2, 0.25) is 0 Å². The Hall–Kier alpha value is -2.11. The number of halogens is 1. The maximum Gasteiger partial charge on any atom is 0.148 e. The lowest BCUT2D eigenvalue weighted by atomic mass is 10.2. The van der Waals surface area contributed by atoms with Gasteiger partial charge in [0.1, 0.15) is 12.4 Å². The minimum absolute atomic E-state index is 0.266. The van der Waals surface area contributed by atoms with E-state index in [0.29, 0.717) is 11.6 Å². The van der Waals surface area contributed by atoms with E-state index in [1.54, 1.807) is 0 Å². The SMILES string of the molecule is C#CCOc1ccccc1CNc1cc(C)ccc1Cl. The maximum atomic E-state index is 6.17. The van der Waals surface area contributed by atoms with Crippen molar-refractivity contribution in [2.75, 3.05) is 11.9 Å². The topological polar surface area (TPSA) is 21.3 Å². The Labute approximate surface area is 124 Å². The molecule has 0 aliphatic rings. The highest BCUT2D eigenvalue weighted by Crippen LogP contribution is 2.25. The number of anilines is 1. The Bertz CT molecular complexity index is 631. The molecule has 0 unspecified atom stereocenters. The Morgan fingerprint density at radius 3 is 2.85 bits per heavy atom. The highest BCUT2D eigenvalue weighted by molar-refractivity contribution is 6.33. The molecule has 20 heavy (non-hydrogen) atoms. The lowest BCUT2D eigenvalue weighted by Gasteiger charge is -2.12. The average Bonchev–Trinajstić information content (AvgIpc) is 2.47. The largest absolute Gasteiger partial charge is 0.481 e. The molecule has 2 nitrogen and oxygen atoms in total. The number of para-hydroxylation sites is 1. The number of hydrogen-bond acceptors (Lipinski definition) is 2. The second kappa shape index (κ2) is 6.88. The zero-order valence-corrected chi connectivity index (χ0v) is 12.1. The molecule has 2 aromatic rings. The third-order valence-electron chi connectivity index (χ3n) is 2.87. The van der Waals surface area contributed by atoms with Crippen molar-refractivity contribution in [3.63, 3.8) is 0 Å². The van der Waals surface area contributed by atoms with Crippen molar-refractivity contribution >= 4 is 17.3 Å². The third-order valence-corrected chi connectivity index (χ3v) is 3.20. The molecule has 0 saturated heterocycles. The molecule has 1 N–H and O–H groups in total. The lowest BCUT2D eigenvalue weighted by molar-refractivity contribution is 0.366. The molecular weight excluding hydrogens is 270 g/mol. The second-order valence-corrected chi connectivity index (χ2v) is 4.84. The Morgan fingerprint density at radius 2 is 2.05 bits per heavy atom. The highest BCUT2D eigenvalue weighted by atomic mass is 35.5. The van der Waals surface area contributed by atoms with Crippen LogP contribution in [0.5, 0.6) is 5.75 Å². The lowest BCUT2D eigenvalue weighted by Crippen LogP contribution is -2.04. The number of hydrogen-bond donors (Lipinski definition) is 1. The van der Waals surface area contributed by atoms with Crippen LogP contribution in [-0.2, 0) is 6.54 Å². The first-order valence-corrected chi connectivity index (χ1v) is 6.72. The molecule has 0 spiro atoms. The van der Waals surface area contributed by atoms with Gasteiger partial charge in [0, 0.05) is 12.1 Å². The van der Waals surface area contributed by atoms with Crippen molar-refractivity contribution in [1.82, 2.24) is 0 Å². The van der Waals surface area contributed by atoms with Gasteiger partial charge in [-0.25, -0.2) is 0 Å². The van der Waals surface area contributed by atoms with Crippen LogP contribution in [0.1, 0.15) is 11.1 Å². The molecular formula is C17H16ClNO. The van der Waals surface area contributed by atoms with E-state index in [1.807, 2.05) is 49.4 Å². The summed E-state index contributed by atoms with van der Waals surface area (Å²) in [5.41, 5.74) is 3.12. The zero-order chi connectivity index (χ0) is 14.4. The summed E-state index contributed by atoms with van der Waals surface area (Å²) in [6.45, 7) is 2.93. The summed E-state index contributed by atoms with van der Waals surface area (Å²) in [6.07, 6.45) is 5.22. The first kappa shape index (κ1) is 14.3. The summed E-state index contributed by atoms with van der Waals surface area (Å²) in [6, 6.07) is 13.7. The van der Waals surface area contributed by atoms with Crippen LogP contribution in [0.25, 0.3) is 0 Å². The standard InChI is InChI=1S/C17H16ClNO/c1-3-10-20-17-7-5-4-6-14(17)12-19-16-11-13(2)8-9-15(16)18/h1,4-9,11,19H,10,12H2,2H3. The van der Waals surface area contributed by atoms with Gasteiger partial charge in [-0.1, -0.05) is 41.8 Å². The van der Waals surface area contributed by atoms with Crippen molar-refractivity contribution in [2.45, 2.75) is 13.5 Å². The van der Waals surface area contributed by atoms with E-state index in [9.17, 15) is 0 Å². The molecule has 2 aromatic carbocycles. The molecule has 0 aliphatic heterocycles. The predicted molar refractivity (Wildman–Crippen MR) is 84.3 cm³/mol. The van der Waals surface area contributed by atoms with Crippen LogP contribution < -0.4 is 10.1 Å². The number of benzene rings is 2. The number of rotatable bonds is 5. The Balaban J connectivity index is 2.11. The smallest absolute Gasteiger partial charge is 0.148 e. The van der Waals surface area contributed by atoms with Gasteiger partial charge >= 0.3 is 0 Å². The van der Waals surface area contributed by atoms with Gasteiger partial charge in [0.05, 0.1) is 10.7 Å². The monoisotopic (exact) mass is 285 g/mol. The highest BCUT2D eigenvalue weighted by Gasteiger charge is 2.04. The van der Waals surface area contributed by atoms with E-state index in [-0.39, 0.29) is 6.61 Å². The molecule has 0 atom stereocenters. The van der Waals surface area contributed by atoms with Crippen LogP contribution >= 0.6 is 11.6 Å². The van der Waals surface area contributed by atoms with E-state index < -0.39 is 0 Å². The van der Waals surface area contributed by atoms with Crippen molar-refractivity contribution in [1.29, 1.82) is 0 Å². The zero-order valence-electron chi connectivity index (χ0n) is 11.3. The van der Waals surface area contributed by atoms with Gasteiger partial charge in [-0.15, -0.1) is 6.42 Å². The molecule has 0 fully saturated rings. The fourth-order valence-electron chi connectivity index (χ4n) is 1.88. The molecule has 0 saturated carbocycles. The number of ether oxygens (including phenoxy) is 1. The molecule has 0 radical (unpaired) electrons. The average molecular weight is 286 g/mol. The van der Waals surface area contributed by atoms with E-state index >= 15 is 0 Å². The summed E-state index contributed by atoms with van der Waals surface area (Å²) in [7, 11) is 0. The van der Waals surface area contributed by atoms with Gasteiger partial charge in [0.15, 0.2) is 0 Å². The van der Waals surface area contributed by atoms with E-state index in [1.165, 1.54) is 0 Å². The number of nitrogens with one attached hydrogen (secondary N) is 1. The minimum Gasteiger partial charge on any atom is -0.481 e. The van der Waals surface area contributed by atoms with Crippen LogP contribution in [0.2, 0.25) is 5.02 Å². The van der Waals surface area contributed by atoms with Crippen molar-refractivity contribution < 1.29 is 4.74 Å². The molecule has 0 aromatic heterocycles. The Morgan fingerprint density at radius 1 is 1.25 bits per heavy atom. The van der Waals surface area contributed by atoms with Crippen molar-refractivity contribution in [3.8, 4) is 18.1 Å². The quantitative estimate of drug-likeness (QED) is 0.828. The summed E-state index contributed by atoms with van der Waals surface area (Å²) in [5.74, 6) is 3.26. The van der Waals surface area contributed by atoms with E-state index in [0.717, 1.165) is 22.6 Å². The van der Waals surface area contributed by atoms with Crippen LogP contribution in [0.4, 0.5) is 5.69 Å². The molecule has 0 amide bonds. The second-order valence-electron chi connectivity index (χ2n) is 4.44. The van der Waals surface area contributed by atoms with E-state index in [4.69, 9.17) is 22.8 Å². The van der Waals surface area contributed by atoms with Gasteiger partial charge in [-0.2, -0.15) is 0 Å². The van der Waals surface area contributed by atoms with Crippen LogP contribution in [0, 0.1) is 19.3 Å². The summed E-state index contributed by atoms with van der Waals surface area (Å²) in [5, 5.41) is 4.03. The summed E-state index contributed by atoms with van der Waals surface area (Å²) < 4.78 is 5.52. The fraction of sp³-hybridized carbons (Fsp3) is 0.176. The molecule has 2 rings (SSSR count). The first-order valence-electron chi connectivity index (χ1n) is 6.35. The number of aryl methyl sites for hydroxylation is 1. The van der Waals surface area contributed by atoms with Gasteiger partial charge in [-0.05, 0) is 30.7 Å². The molecule has 0 bridgehead atoms. The maximum absolute atomic E-state index is 6.17. The molecule has 3 heteroatoms. The van der Waals surface area contributed by atoms with Crippen molar-refractivity contribution in [3.05, 3.63) is 58.6 Å². The molecule has 0 aliphatic carbocycles. The third kappa shape index (κ3) is 3.69. The van der Waals surface area contributed by atoms with Crippen LogP contribution in [0.15, 0.2) is 42.5 Å². The fourth-order valence-corrected chi connectivity index (χ4v) is 2.06. The molecule has 102 valence electrons. The Kier molecular flexibility index (Phi) is 4.92. The van der Waals surface area contributed by atoms with Gasteiger partial charge < -0.3 is 10.1 Å². The predicted octanol–water partition coefficient (Wildman–Crippen LogP) is 4.27. The van der Waals surface area contributed by atoms with E-state index in [2.05, 4.69) is 11.2 Å². The normalized spacial score (nSPS) is 9.85. The summed E-state index contributed by atoms with van der Waals surface area (Å²) >= 11 is 6.17. The number of terminal acetylenes is 1. The minimum atomic E-state index is 0.266. The van der Waals surface area contributed by atoms with Crippen LogP contribution in [0.3, 0.4) is 0 Å². The summed E-state index contributed by atoms with van der Waals surface area (Å²) in [4.78, 5) is 0. The molecule has 0 heterocycles. The van der Waals surface area contributed by atoms with Crippen molar-refractivity contribution in [2.24, 2.45) is 0 Å². The van der Waals surface area contributed by atoms with Crippen LogP contribution in [-0.4, -0.2) is 6.61 Å². The first-order chi connectivity index (χ1) is 9.70.